The molecule has 1 aliphatic heterocycles. The lowest BCUT2D eigenvalue weighted by molar-refractivity contribution is -0.138. The summed E-state index contributed by atoms with van der Waals surface area (Å²) in [5.41, 5.74) is 1.83. The van der Waals surface area contributed by atoms with E-state index in [1.54, 1.807) is 58.0 Å². The fourth-order valence-electron chi connectivity index (χ4n) is 4.55. The van der Waals surface area contributed by atoms with Crippen molar-refractivity contribution in [1.29, 1.82) is 0 Å². The molecule has 0 unspecified atom stereocenters. The van der Waals surface area contributed by atoms with Gasteiger partial charge < -0.3 is 9.30 Å². The van der Waals surface area contributed by atoms with E-state index >= 15 is 0 Å². The fourth-order valence-corrected chi connectivity index (χ4v) is 4.68. The SMILES string of the molecule is CCOC(=O)C1=C(C)N(c2ccc(Cl)cc2)C(=O)/C1=C\c1cc(C)n(-c2ccccc2C(F)(F)F)c1C. The summed E-state index contributed by atoms with van der Waals surface area (Å²) in [6.45, 7) is 6.77. The van der Waals surface area contributed by atoms with Crippen molar-refractivity contribution in [3.05, 3.63) is 99.0 Å². The molecule has 1 aliphatic rings. The van der Waals surface area contributed by atoms with Gasteiger partial charge in [-0.1, -0.05) is 23.7 Å². The predicted molar refractivity (Wildman–Crippen MR) is 136 cm³/mol. The first-order chi connectivity index (χ1) is 17.5. The molecule has 0 radical (unpaired) electrons. The Kier molecular flexibility index (Phi) is 7.06. The summed E-state index contributed by atoms with van der Waals surface area (Å²) in [6.07, 6.45) is -3.02. The van der Waals surface area contributed by atoms with Gasteiger partial charge in [0.2, 0.25) is 0 Å². The van der Waals surface area contributed by atoms with E-state index in [2.05, 4.69) is 0 Å². The van der Waals surface area contributed by atoms with Gasteiger partial charge in [-0.05, 0) is 81.8 Å². The van der Waals surface area contributed by atoms with E-state index in [9.17, 15) is 22.8 Å². The van der Waals surface area contributed by atoms with E-state index in [4.69, 9.17) is 16.3 Å². The number of alkyl halides is 3. The molecule has 5 nitrogen and oxygen atoms in total. The molecule has 0 fully saturated rings. The van der Waals surface area contributed by atoms with Gasteiger partial charge >= 0.3 is 12.1 Å². The molecule has 1 aromatic heterocycles. The Balaban J connectivity index is 1.87. The summed E-state index contributed by atoms with van der Waals surface area (Å²) in [4.78, 5) is 27.9. The second-order valence-corrected chi connectivity index (χ2v) is 8.97. The third-order valence-electron chi connectivity index (χ3n) is 6.18. The van der Waals surface area contributed by atoms with Crippen molar-refractivity contribution in [2.45, 2.75) is 33.9 Å². The van der Waals surface area contributed by atoms with Crippen LogP contribution >= 0.6 is 11.6 Å². The maximum Gasteiger partial charge on any atom is 0.418 e. The molecule has 0 saturated carbocycles. The topological polar surface area (TPSA) is 51.5 Å². The monoisotopic (exact) mass is 528 g/mol. The van der Waals surface area contributed by atoms with E-state index in [1.165, 1.54) is 33.7 Å². The van der Waals surface area contributed by atoms with E-state index < -0.39 is 23.6 Å². The maximum absolute atomic E-state index is 13.7. The number of rotatable bonds is 5. The predicted octanol–water partition coefficient (Wildman–Crippen LogP) is 7.03. The minimum atomic E-state index is -4.55. The lowest BCUT2D eigenvalue weighted by Crippen LogP contribution is -2.24. The number of para-hydroxylation sites is 1. The first kappa shape index (κ1) is 26.3. The van der Waals surface area contributed by atoms with Crippen molar-refractivity contribution in [1.82, 2.24) is 4.57 Å². The number of amides is 1. The number of hydrogen-bond acceptors (Lipinski definition) is 3. The van der Waals surface area contributed by atoms with Crippen molar-refractivity contribution >= 4 is 35.2 Å². The van der Waals surface area contributed by atoms with Crippen LogP contribution in [0.4, 0.5) is 18.9 Å². The molecule has 3 aromatic rings. The standard InChI is InChI=1S/C28H24ClF3N2O3/c1-5-37-27(36)25-18(4)34(21-12-10-20(29)11-13-21)26(35)22(25)15-19-14-16(2)33(17(19)3)24-9-7-6-8-23(24)28(30,31)32/h6-15H,5H2,1-4H3/b22-15-. The number of aryl methyl sites for hydroxylation is 1. The third-order valence-corrected chi connectivity index (χ3v) is 6.44. The van der Waals surface area contributed by atoms with Gasteiger partial charge in [0.25, 0.3) is 5.91 Å². The maximum atomic E-state index is 13.7. The number of ether oxygens (including phenoxy) is 1. The van der Waals surface area contributed by atoms with Crippen LogP contribution in [0.2, 0.25) is 5.02 Å². The van der Waals surface area contributed by atoms with Gasteiger partial charge in [0, 0.05) is 27.8 Å². The van der Waals surface area contributed by atoms with Crippen LogP contribution in [0.15, 0.2) is 71.4 Å². The number of benzene rings is 2. The highest BCUT2D eigenvalue weighted by Crippen LogP contribution is 2.38. The largest absolute Gasteiger partial charge is 0.462 e. The summed E-state index contributed by atoms with van der Waals surface area (Å²) in [7, 11) is 0. The van der Waals surface area contributed by atoms with E-state index in [0.717, 1.165) is 6.07 Å². The van der Waals surface area contributed by atoms with Crippen molar-refractivity contribution in [2.75, 3.05) is 11.5 Å². The Morgan fingerprint density at radius 1 is 1.05 bits per heavy atom. The summed E-state index contributed by atoms with van der Waals surface area (Å²) >= 11 is 6.00. The van der Waals surface area contributed by atoms with Crippen LogP contribution in [0.5, 0.6) is 0 Å². The van der Waals surface area contributed by atoms with Crippen molar-refractivity contribution < 1.29 is 27.5 Å². The summed E-state index contributed by atoms with van der Waals surface area (Å²) in [6, 6.07) is 13.6. The van der Waals surface area contributed by atoms with Crippen LogP contribution in [0, 0.1) is 13.8 Å². The molecule has 0 spiro atoms. The zero-order valence-corrected chi connectivity index (χ0v) is 21.4. The van der Waals surface area contributed by atoms with Crippen LogP contribution in [0.25, 0.3) is 11.8 Å². The lowest BCUT2D eigenvalue weighted by atomic mass is 10.0. The Bertz CT molecular complexity index is 1450. The molecule has 1 amide bonds. The molecule has 0 saturated heterocycles. The number of anilines is 1. The van der Waals surface area contributed by atoms with Gasteiger partial charge in [0.05, 0.1) is 29.0 Å². The minimum absolute atomic E-state index is 0.0208. The van der Waals surface area contributed by atoms with E-state index in [-0.39, 0.29) is 23.4 Å². The van der Waals surface area contributed by atoms with Crippen LogP contribution in [0.3, 0.4) is 0 Å². The van der Waals surface area contributed by atoms with Crippen LogP contribution < -0.4 is 4.90 Å². The Hall–Kier alpha value is -3.78. The number of esters is 1. The minimum Gasteiger partial charge on any atom is -0.462 e. The molecule has 0 aliphatic carbocycles. The summed E-state index contributed by atoms with van der Waals surface area (Å²) in [5.74, 6) is -1.12. The molecule has 2 aromatic carbocycles. The van der Waals surface area contributed by atoms with E-state index in [0.29, 0.717) is 33.4 Å². The lowest BCUT2D eigenvalue weighted by Gasteiger charge is -2.18. The van der Waals surface area contributed by atoms with Crippen molar-refractivity contribution in [3.63, 3.8) is 0 Å². The Morgan fingerprint density at radius 3 is 2.32 bits per heavy atom. The van der Waals surface area contributed by atoms with Crippen molar-refractivity contribution in [3.8, 4) is 5.69 Å². The second-order valence-electron chi connectivity index (χ2n) is 8.53. The molecule has 2 heterocycles. The van der Waals surface area contributed by atoms with Gasteiger partial charge in [0.1, 0.15) is 0 Å². The fraction of sp³-hybridized carbons (Fsp3) is 0.214. The number of allylic oxidation sites excluding steroid dienone is 1. The number of aromatic nitrogens is 1. The second kappa shape index (κ2) is 9.94. The van der Waals surface area contributed by atoms with E-state index in [1.807, 2.05) is 0 Å². The van der Waals surface area contributed by atoms with Crippen LogP contribution in [-0.4, -0.2) is 23.1 Å². The molecular formula is C28H24ClF3N2O3. The van der Waals surface area contributed by atoms with Crippen LogP contribution in [-0.2, 0) is 20.5 Å². The molecule has 37 heavy (non-hydrogen) atoms. The zero-order valence-electron chi connectivity index (χ0n) is 20.6. The number of carbonyl (C=O) groups excluding carboxylic acids is 2. The highest BCUT2D eigenvalue weighted by molar-refractivity contribution is 6.30. The van der Waals surface area contributed by atoms with Gasteiger partial charge in [0.15, 0.2) is 0 Å². The number of nitrogens with zero attached hydrogens (tertiary/aromatic N) is 2. The number of carbonyl (C=O) groups is 2. The Labute approximate surface area is 217 Å². The zero-order chi connectivity index (χ0) is 27.1. The average Bonchev–Trinajstić information content (AvgIpc) is 3.25. The molecule has 0 atom stereocenters. The number of halogens is 4. The van der Waals surface area contributed by atoms with Gasteiger partial charge in [-0.2, -0.15) is 13.2 Å². The van der Waals surface area contributed by atoms with Gasteiger partial charge in [-0.3, -0.25) is 9.69 Å². The Morgan fingerprint density at radius 2 is 1.70 bits per heavy atom. The molecule has 9 heteroatoms. The molecular weight excluding hydrogens is 505 g/mol. The first-order valence-electron chi connectivity index (χ1n) is 11.5. The smallest absolute Gasteiger partial charge is 0.418 e. The molecule has 4 rings (SSSR count). The third kappa shape index (κ3) is 4.81. The molecule has 192 valence electrons. The highest BCUT2D eigenvalue weighted by Gasteiger charge is 2.38. The number of hydrogen-bond donors (Lipinski definition) is 0. The first-order valence-corrected chi connectivity index (χ1v) is 11.9. The van der Waals surface area contributed by atoms with Crippen molar-refractivity contribution in [2.24, 2.45) is 0 Å². The molecule has 0 N–H and O–H groups in total. The quantitative estimate of drug-likeness (QED) is 0.264. The van der Waals surface area contributed by atoms with Gasteiger partial charge in [-0.15, -0.1) is 0 Å². The molecule has 0 bridgehead atoms. The highest BCUT2D eigenvalue weighted by atomic mass is 35.5. The summed E-state index contributed by atoms with van der Waals surface area (Å²) in [5, 5.41) is 0.491. The summed E-state index contributed by atoms with van der Waals surface area (Å²) < 4.78 is 47.9. The van der Waals surface area contributed by atoms with Crippen LogP contribution in [0.1, 0.15) is 36.4 Å². The van der Waals surface area contributed by atoms with Gasteiger partial charge in [-0.25, -0.2) is 4.79 Å². The normalized spacial score (nSPS) is 15.2. The average molecular weight is 529 g/mol.